The quantitative estimate of drug-likeness (QED) is 0.490. The first-order valence-electron chi connectivity index (χ1n) is 6.54. The molecule has 0 atom stereocenters. The summed E-state index contributed by atoms with van der Waals surface area (Å²) in [4.78, 5) is 17.7. The first-order valence-corrected chi connectivity index (χ1v) is 6.95. The lowest BCUT2D eigenvalue weighted by atomic mass is 10.2. The van der Waals surface area contributed by atoms with Crippen LogP contribution in [0.15, 0.2) is 30.2 Å². The molecule has 0 aromatic carbocycles. The summed E-state index contributed by atoms with van der Waals surface area (Å²) < 4.78 is 5.26. The second kappa shape index (κ2) is 7.12. The van der Waals surface area contributed by atoms with Gasteiger partial charge in [0.25, 0.3) is 5.91 Å². The van der Waals surface area contributed by atoms with Crippen molar-refractivity contribution in [1.29, 1.82) is 0 Å². The lowest BCUT2D eigenvalue weighted by molar-refractivity contribution is -0.122. The number of rotatable bonds is 6. The molecule has 0 saturated carbocycles. The molecule has 20 heavy (non-hydrogen) atoms. The number of ether oxygens (including phenoxy) is 1. The van der Waals surface area contributed by atoms with Gasteiger partial charge in [0.1, 0.15) is 5.70 Å². The van der Waals surface area contributed by atoms with E-state index in [2.05, 4.69) is 10.3 Å². The topological polar surface area (TPSA) is 54.5 Å². The van der Waals surface area contributed by atoms with Crippen molar-refractivity contribution in [1.82, 2.24) is 15.2 Å². The predicted octanol–water partition coefficient (Wildman–Crippen LogP) is 1.57. The van der Waals surface area contributed by atoms with E-state index in [0.717, 1.165) is 12.0 Å². The van der Waals surface area contributed by atoms with Crippen LogP contribution in [0.2, 0.25) is 0 Å². The molecule has 1 fully saturated rings. The van der Waals surface area contributed by atoms with Crippen molar-refractivity contribution in [2.24, 2.45) is 0 Å². The summed E-state index contributed by atoms with van der Waals surface area (Å²) in [5, 5.41) is 3.40. The molecular formula is C14H17N3O2S. The van der Waals surface area contributed by atoms with Crippen LogP contribution in [0.4, 0.5) is 0 Å². The smallest absolute Gasteiger partial charge is 0.276 e. The maximum atomic E-state index is 12.2. The van der Waals surface area contributed by atoms with Crippen LogP contribution < -0.4 is 5.32 Å². The summed E-state index contributed by atoms with van der Waals surface area (Å²) in [6.07, 6.45) is 5.91. The number of hydrogen-bond donors (Lipinski definition) is 1. The summed E-state index contributed by atoms with van der Waals surface area (Å²) in [5.74, 6) is -0.0942. The van der Waals surface area contributed by atoms with E-state index in [1.165, 1.54) is 0 Å². The van der Waals surface area contributed by atoms with Gasteiger partial charge in [-0.15, -0.1) is 0 Å². The summed E-state index contributed by atoms with van der Waals surface area (Å²) in [5.41, 5.74) is 1.41. The van der Waals surface area contributed by atoms with Gasteiger partial charge in [0.05, 0.1) is 0 Å². The second-order valence-corrected chi connectivity index (χ2v) is 4.66. The number of nitrogens with one attached hydrogen (secondary N) is 1. The molecule has 2 rings (SSSR count). The molecule has 1 aromatic heterocycles. The van der Waals surface area contributed by atoms with Crippen LogP contribution in [0, 0.1) is 0 Å². The molecule has 1 saturated heterocycles. The third kappa shape index (κ3) is 3.61. The van der Waals surface area contributed by atoms with Gasteiger partial charge in [-0.25, -0.2) is 0 Å². The van der Waals surface area contributed by atoms with Crippen LogP contribution in [-0.2, 0) is 9.53 Å². The molecule has 1 aliphatic heterocycles. The summed E-state index contributed by atoms with van der Waals surface area (Å²) in [6.45, 7) is 3.83. The minimum atomic E-state index is -0.0942. The highest BCUT2D eigenvalue weighted by Crippen LogP contribution is 2.14. The van der Waals surface area contributed by atoms with Crippen molar-refractivity contribution < 1.29 is 9.53 Å². The number of amides is 1. The minimum Gasteiger partial charge on any atom is -0.382 e. The zero-order valence-corrected chi connectivity index (χ0v) is 12.2. The molecule has 0 unspecified atom stereocenters. The van der Waals surface area contributed by atoms with Gasteiger partial charge in [0.2, 0.25) is 0 Å². The Morgan fingerprint density at radius 2 is 2.20 bits per heavy atom. The Morgan fingerprint density at radius 1 is 1.45 bits per heavy atom. The molecule has 1 amide bonds. The Balaban J connectivity index is 2.00. The lowest BCUT2D eigenvalue weighted by Crippen LogP contribution is -2.32. The van der Waals surface area contributed by atoms with Crippen molar-refractivity contribution in [2.75, 3.05) is 19.8 Å². The first-order chi connectivity index (χ1) is 9.72. The molecule has 1 N–H and O–H groups in total. The van der Waals surface area contributed by atoms with Crippen LogP contribution in [-0.4, -0.2) is 40.7 Å². The third-order valence-electron chi connectivity index (χ3n) is 2.85. The Bertz CT molecular complexity index is 516. The maximum absolute atomic E-state index is 12.2. The number of hydrogen-bond acceptors (Lipinski definition) is 4. The van der Waals surface area contributed by atoms with Crippen molar-refractivity contribution in [3.63, 3.8) is 0 Å². The average molecular weight is 291 g/mol. The fourth-order valence-corrected chi connectivity index (χ4v) is 2.15. The van der Waals surface area contributed by atoms with Gasteiger partial charge in [-0.05, 0) is 49.3 Å². The average Bonchev–Trinajstić information content (AvgIpc) is 2.72. The van der Waals surface area contributed by atoms with E-state index in [1.54, 1.807) is 23.4 Å². The number of thiocarbonyl (C=S) groups is 1. The zero-order chi connectivity index (χ0) is 14.4. The van der Waals surface area contributed by atoms with E-state index >= 15 is 0 Å². The molecule has 0 spiro atoms. The molecule has 0 aliphatic carbocycles. The van der Waals surface area contributed by atoms with E-state index in [-0.39, 0.29) is 5.91 Å². The maximum Gasteiger partial charge on any atom is 0.276 e. The fraction of sp³-hybridized carbons (Fsp3) is 0.357. The molecule has 1 aromatic rings. The zero-order valence-electron chi connectivity index (χ0n) is 11.3. The molecule has 106 valence electrons. The van der Waals surface area contributed by atoms with Gasteiger partial charge < -0.3 is 10.1 Å². The van der Waals surface area contributed by atoms with E-state index in [1.807, 2.05) is 19.1 Å². The van der Waals surface area contributed by atoms with E-state index in [0.29, 0.717) is 30.6 Å². The van der Waals surface area contributed by atoms with Gasteiger partial charge in [0.15, 0.2) is 5.11 Å². The van der Waals surface area contributed by atoms with Gasteiger partial charge in [0, 0.05) is 32.2 Å². The molecule has 6 heteroatoms. The molecular weight excluding hydrogens is 274 g/mol. The number of carbonyl (C=O) groups excluding carboxylic acids is 1. The van der Waals surface area contributed by atoms with Gasteiger partial charge in [-0.2, -0.15) is 0 Å². The van der Waals surface area contributed by atoms with Crippen LogP contribution in [0.5, 0.6) is 0 Å². The summed E-state index contributed by atoms with van der Waals surface area (Å²) >= 11 is 5.19. The Morgan fingerprint density at radius 3 is 2.90 bits per heavy atom. The number of aromatic nitrogens is 1. The summed E-state index contributed by atoms with van der Waals surface area (Å²) in [6, 6.07) is 3.67. The van der Waals surface area contributed by atoms with Gasteiger partial charge in [-0.3, -0.25) is 14.7 Å². The second-order valence-electron chi connectivity index (χ2n) is 4.28. The van der Waals surface area contributed by atoms with Crippen LogP contribution >= 0.6 is 12.2 Å². The van der Waals surface area contributed by atoms with Crippen LogP contribution in [0.1, 0.15) is 18.9 Å². The highest BCUT2D eigenvalue weighted by Gasteiger charge is 2.29. The normalized spacial score (nSPS) is 16.9. The van der Waals surface area contributed by atoms with Crippen LogP contribution in [0.3, 0.4) is 0 Å². The monoisotopic (exact) mass is 291 g/mol. The molecule has 0 bridgehead atoms. The SMILES string of the molecule is CCOCCCN1C(=O)/C(=C/c2ccncc2)NC1=S. The molecule has 0 radical (unpaired) electrons. The molecule has 5 nitrogen and oxygen atoms in total. The highest BCUT2D eigenvalue weighted by atomic mass is 32.1. The van der Waals surface area contributed by atoms with E-state index < -0.39 is 0 Å². The number of nitrogens with zero attached hydrogens (tertiary/aromatic N) is 2. The van der Waals surface area contributed by atoms with Gasteiger partial charge >= 0.3 is 0 Å². The first kappa shape index (κ1) is 14.6. The van der Waals surface area contributed by atoms with E-state index in [9.17, 15) is 4.79 Å². The Labute approximate surface area is 123 Å². The highest BCUT2D eigenvalue weighted by molar-refractivity contribution is 7.80. The Hall–Kier alpha value is -1.79. The minimum absolute atomic E-state index is 0.0942. The third-order valence-corrected chi connectivity index (χ3v) is 3.18. The molecule has 1 aliphatic rings. The van der Waals surface area contributed by atoms with Crippen molar-refractivity contribution in [2.45, 2.75) is 13.3 Å². The van der Waals surface area contributed by atoms with Gasteiger partial charge in [-0.1, -0.05) is 0 Å². The van der Waals surface area contributed by atoms with Crippen molar-refractivity contribution in [3.05, 3.63) is 35.8 Å². The van der Waals surface area contributed by atoms with Crippen molar-refractivity contribution in [3.8, 4) is 0 Å². The standard InChI is InChI=1S/C14H17N3O2S/c1-2-19-9-3-8-17-13(18)12(16-14(17)20)10-11-4-6-15-7-5-11/h4-7,10H,2-3,8-9H2,1H3,(H,16,20)/b12-10-. The fourth-order valence-electron chi connectivity index (χ4n) is 1.87. The predicted molar refractivity (Wildman–Crippen MR) is 80.8 cm³/mol. The molecule has 2 heterocycles. The number of pyridine rings is 1. The lowest BCUT2D eigenvalue weighted by Gasteiger charge is -2.13. The largest absolute Gasteiger partial charge is 0.382 e. The Kier molecular flexibility index (Phi) is 5.20. The number of carbonyl (C=O) groups is 1. The summed E-state index contributed by atoms with van der Waals surface area (Å²) in [7, 11) is 0. The van der Waals surface area contributed by atoms with Crippen LogP contribution in [0.25, 0.3) is 6.08 Å². The van der Waals surface area contributed by atoms with E-state index in [4.69, 9.17) is 17.0 Å². The van der Waals surface area contributed by atoms with Crippen molar-refractivity contribution >= 4 is 29.3 Å².